The molecular formula is C67H116O6. The van der Waals surface area contributed by atoms with Crippen molar-refractivity contribution >= 4 is 17.9 Å². The molecule has 0 aliphatic carbocycles. The van der Waals surface area contributed by atoms with Gasteiger partial charge in [-0.2, -0.15) is 0 Å². The smallest absolute Gasteiger partial charge is 0.306 e. The van der Waals surface area contributed by atoms with Crippen LogP contribution in [0.15, 0.2) is 85.1 Å². The van der Waals surface area contributed by atoms with Gasteiger partial charge >= 0.3 is 17.9 Å². The number of ether oxygens (including phenoxy) is 3. The van der Waals surface area contributed by atoms with Crippen LogP contribution in [0.1, 0.15) is 303 Å². The fourth-order valence-electron chi connectivity index (χ4n) is 8.74. The summed E-state index contributed by atoms with van der Waals surface area (Å²) in [5.41, 5.74) is 0. The van der Waals surface area contributed by atoms with Crippen LogP contribution in [0.2, 0.25) is 0 Å². The molecule has 6 heteroatoms. The van der Waals surface area contributed by atoms with Crippen molar-refractivity contribution < 1.29 is 28.6 Å². The van der Waals surface area contributed by atoms with Gasteiger partial charge in [-0.1, -0.05) is 273 Å². The highest BCUT2D eigenvalue weighted by Gasteiger charge is 2.19. The number of carbonyl (C=O) groups excluding carboxylic acids is 3. The number of hydrogen-bond donors (Lipinski definition) is 0. The van der Waals surface area contributed by atoms with E-state index in [0.717, 1.165) is 109 Å². The second-order valence-electron chi connectivity index (χ2n) is 20.6. The maximum Gasteiger partial charge on any atom is 0.306 e. The number of rotatable bonds is 56. The first-order valence-electron chi connectivity index (χ1n) is 31.1. The summed E-state index contributed by atoms with van der Waals surface area (Å²) in [6.45, 7) is 6.52. The molecule has 0 amide bonds. The van der Waals surface area contributed by atoms with Crippen LogP contribution in [0.3, 0.4) is 0 Å². The van der Waals surface area contributed by atoms with Crippen molar-refractivity contribution in [3.8, 4) is 0 Å². The zero-order chi connectivity index (χ0) is 52.9. The Balaban J connectivity index is 4.29. The lowest BCUT2D eigenvalue weighted by Gasteiger charge is -2.18. The van der Waals surface area contributed by atoms with Gasteiger partial charge in [-0.3, -0.25) is 14.4 Å². The standard InChI is InChI=1S/C67H116O6/c1-4-7-10-13-16-19-22-25-27-29-30-31-32-33-34-35-36-37-38-39-41-42-45-48-51-54-57-60-66(69)72-63-64(62-71-65(68)59-56-53-50-47-44-24-21-18-15-12-9-6-3)73-67(70)61-58-55-52-49-46-43-40-28-26-23-20-17-14-11-8-5-2/h7,10,16,18-19,21,25,27,30-31,33-34,36-37,64H,4-6,8-9,11-15,17,20,22-24,26,28-29,32,35,38-63H2,1-3H3/b10-7-,19-16-,21-18-,27-25-,31-30-,34-33-,37-36-. The van der Waals surface area contributed by atoms with Crippen molar-refractivity contribution in [3.63, 3.8) is 0 Å². The average molecular weight is 1020 g/mol. The zero-order valence-electron chi connectivity index (χ0n) is 48.1. The summed E-state index contributed by atoms with van der Waals surface area (Å²) in [6, 6.07) is 0. The number of allylic oxidation sites excluding steroid dienone is 14. The Hall–Kier alpha value is -3.41. The molecule has 0 fully saturated rings. The first kappa shape index (κ1) is 69.6. The quantitative estimate of drug-likeness (QED) is 0.0261. The van der Waals surface area contributed by atoms with Gasteiger partial charge in [0.15, 0.2) is 6.10 Å². The summed E-state index contributed by atoms with van der Waals surface area (Å²) in [5, 5.41) is 0. The molecule has 0 spiro atoms. The molecule has 0 aliphatic heterocycles. The van der Waals surface area contributed by atoms with Crippen LogP contribution in [0, 0.1) is 0 Å². The summed E-state index contributed by atoms with van der Waals surface area (Å²) in [4.78, 5) is 38.2. The summed E-state index contributed by atoms with van der Waals surface area (Å²) in [5.74, 6) is -0.886. The summed E-state index contributed by atoms with van der Waals surface area (Å²) in [7, 11) is 0. The molecule has 0 aromatic heterocycles. The third-order valence-electron chi connectivity index (χ3n) is 13.4. The molecule has 73 heavy (non-hydrogen) atoms. The lowest BCUT2D eigenvalue weighted by atomic mass is 10.0. The van der Waals surface area contributed by atoms with Crippen molar-refractivity contribution in [1.29, 1.82) is 0 Å². The molecular weight excluding hydrogens is 901 g/mol. The Morgan fingerprint density at radius 2 is 0.534 bits per heavy atom. The van der Waals surface area contributed by atoms with Gasteiger partial charge in [-0.15, -0.1) is 0 Å². The molecule has 0 aliphatic rings. The summed E-state index contributed by atoms with van der Waals surface area (Å²) in [6.07, 6.45) is 80.1. The molecule has 0 rings (SSSR count). The predicted octanol–water partition coefficient (Wildman–Crippen LogP) is 21.1. The second-order valence-corrected chi connectivity index (χ2v) is 20.6. The van der Waals surface area contributed by atoms with Gasteiger partial charge in [-0.05, 0) is 96.3 Å². The molecule has 0 saturated carbocycles. The second kappa shape index (κ2) is 61.1. The van der Waals surface area contributed by atoms with Crippen LogP contribution < -0.4 is 0 Å². The van der Waals surface area contributed by atoms with Gasteiger partial charge in [0.1, 0.15) is 13.2 Å². The maximum absolute atomic E-state index is 12.9. The van der Waals surface area contributed by atoms with Crippen molar-refractivity contribution in [2.75, 3.05) is 13.2 Å². The molecule has 1 unspecified atom stereocenters. The molecule has 0 aromatic rings. The molecule has 0 aromatic carbocycles. The Labute approximate surface area is 452 Å². The van der Waals surface area contributed by atoms with Crippen molar-refractivity contribution in [1.82, 2.24) is 0 Å². The Morgan fingerprint density at radius 1 is 0.288 bits per heavy atom. The largest absolute Gasteiger partial charge is 0.462 e. The lowest BCUT2D eigenvalue weighted by molar-refractivity contribution is -0.167. The van der Waals surface area contributed by atoms with Gasteiger partial charge in [0, 0.05) is 19.3 Å². The van der Waals surface area contributed by atoms with Crippen LogP contribution in [0.25, 0.3) is 0 Å². The normalized spacial score (nSPS) is 12.6. The van der Waals surface area contributed by atoms with E-state index in [-0.39, 0.29) is 31.1 Å². The highest BCUT2D eigenvalue weighted by atomic mass is 16.6. The van der Waals surface area contributed by atoms with Gasteiger partial charge in [-0.25, -0.2) is 0 Å². The van der Waals surface area contributed by atoms with Crippen LogP contribution in [-0.4, -0.2) is 37.2 Å². The van der Waals surface area contributed by atoms with E-state index >= 15 is 0 Å². The highest BCUT2D eigenvalue weighted by molar-refractivity contribution is 5.71. The van der Waals surface area contributed by atoms with Crippen LogP contribution in [0.5, 0.6) is 0 Å². The van der Waals surface area contributed by atoms with E-state index < -0.39 is 6.10 Å². The number of hydrogen-bond acceptors (Lipinski definition) is 6. The van der Waals surface area contributed by atoms with Crippen molar-refractivity contribution in [3.05, 3.63) is 85.1 Å². The van der Waals surface area contributed by atoms with Gasteiger partial charge < -0.3 is 14.2 Å². The first-order valence-corrected chi connectivity index (χ1v) is 31.1. The predicted molar refractivity (Wildman–Crippen MR) is 316 cm³/mol. The van der Waals surface area contributed by atoms with E-state index in [2.05, 4.69) is 106 Å². The van der Waals surface area contributed by atoms with Crippen LogP contribution in [0.4, 0.5) is 0 Å². The minimum absolute atomic E-state index is 0.0806. The molecule has 0 heterocycles. The average Bonchev–Trinajstić information content (AvgIpc) is 3.39. The van der Waals surface area contributed by atoms with E-state index in [1.165, 1.54) is 154 Å². The maximum atomic E-state index is 12.9. The minimum Gasteiger partial charge on any atom is -0.462 e. The highest BCUT2D eigenvalue weighted by Crippen LogP contribution is 2.16. The fourth-order valence-corrected chi connectivity index (χ4v) is 8.74. The molecule has 0 saturated heterocycles. The SMILES string of the molecule is CC/C=C\C/C=C\C/C=C\C/C=C\C/C=C\C/C=C\CCCCCCCCCCC(=O)OCC(COC(=O)CCCCCCC/C=C\CCCCC)OC(=O)CCCCCCCCCCCCCCCCCC. The third kappa shape index (κ3) is 59.3. The Kier molecular flexibility index (Phi) is 58.3. The number of esters is 3. The minimum atomic E-state index is -0.782. The monoisotopic (exact) mass is 1020 g/mol. The summed E-state index contributed by atoms with van der Waals surface area (Å²) >= 11 is 0. The number of carbonyl (C=O) groups is 3. The molecule has 420 valence electrons. The van der Waals surface area contributed by atoms with Crippen molar-refractivity contribution in [2.45, 2.75) is 309 Å². The van der Waals surface area contributed by atoms with E-state index in [1.54, 1.807) is 0 Å². The zero-order valence-corrected chi connectivity index (χ0v) is 48.1. The Morgan fingerprint density at radius 3 is 0.877 bits per heavy atom. The topological polar surface area (TPSA) is 78.9 Å². The molecule has 1 atom stereocenters. The Bertz CT molecular complexity index is 1400. The van der Waals surface area contributed by atoms with Gasteiger partial charge in [0.2, 0.25) is 0 Å². The van der Waals surface area contributed by atoms with Gasteiger partial charge in [0.25, 0.3) is 0 Å². The van der Waals surface area contributed by atoms with Gasteiger partial charge in [0.05, 0.1) is 0 Å². The summed E-state index contributed by atoms with van der Waals surface area (Å²) < 4.78 is 16.9. The van der Waals surface area contributed by atoms with Crippen LogP contribution in [-0.2, 0) is 28.6 Å². The van der Waals surface area contributed by atoms with Crippen LogP contribution >= 0.6 is 0 Å². The van der Waals surface area contributed by atoms with E-state index in [1.807, 2.05) is 0 Å². The van der Waals surface area contributed by atoms with Crippen molar-refractivity contribution in [2.24, 2.45) is 0 Å². The van der Waals surface area contributed by atoms with E-state index in [9.17, 15) is 14.4 Å². The third-order valence-corrected chi connectivity index (χ3v) is 13.4. The molecule has 0 radical (unpaired) electrons. The lowest BCUT2D eigenvalue weighted by Crippen LogP contribution is -2.30. The molecule has 0 N–H and O–H groups in total. The molecule has 6 nitrogen and oxygen atoms in total. The van der Waals surface area contributed by atoms with E-state index in [4.69, 9.17) is 14.2 Å². The fraction of sp³-hybridized carbons (Fsp3) is 0.746. The molecule has 0 bridgehead atoms. The van der Waals surface area contributed by atoms with E-state index in [0.29, 0.717) is 19.3 Å². The number of unbranched alkanes of at least 4 members (excludes halogenated alkanes) is 31. The first-order chi connectivity index (χ1) is 36.0.